The lowest BCUT2D eigenvalue weighted by Crippen LogP contribution is -2.15. The summed E-state index contributed by atoms with van der Waals surface area (Å²) in [7, 11) is 0. The molecule has 0 bridgehead atoms. The van der Waals surface area contributed by atoms with Crippen molar-refractivity contribution in [3.63, 3.8) is 0 Å². The summed E-state index contributed by atoms with van der Waals surface area (Å²) in [6, 6.07) is 52.5. The topological polar surface area (TPSA) is 57.4 Å². The van der Waals surface area contributed by atoms with E-state index in [2.05, 4.69) is 170 Å². The Kier molecular flexibility index (Phi) is 5.90. The molecule has 2 aromatic heterocycles. The SMILES string of the molecule is CC1(C)c2ccccc2-c2cc3c4ccccc4n(-c4c(C#N)ccc(C#N)c4-n4c5ccccc5c5cc6c(cc54)C(C)(C)c4ccccc4-6)c3cc21. The normalized spacial score (nSPS) is 14.6. The van der Waals surface area contributed by atoms with Gasteiger partial charge in [-0.1, -0.05) is 113 Å². The molecule has 4 heteroatoms. The number of fused-ring (bicyclic) bond motifs is 12. The Morgan fingerprint density at radius 3 is 1.20 bits per heavy atom. The zero-order valence-electron chi connectivity index (χ0n) is 30.5. The maximum atomic E-state index is 11.0. The molecule has 254 valence electrons. The Morgan fingerprint density at radius 2 is 0.778 bits per heavy atom. The average Bonchev–Trinajstić information content (AvgIpc) is 3.84. The van der Waals surface area contributed by atoms with Crippen LogP contribution in [0.3, 0.4) is 0 Å². The third-order valence-corrected chi connectivity index (χ3v) is 12.6. The van der Waals surface area contributed by atoms with Gasteiger partial charge in [-0.25, -0.2) is 0 Å². The van der Waals surface area contributed by atoms with E-state index in [1.165, 1.54) is 44.5 Å². The molecule has 4 nitrogen and oxygen atoms in total. The molecule has 0 amide bonds. The first-order chi connectivity index (χ1) is 26.2. The summed E-state index contributed by atoms with van der Waals surface area (Å²) >= 11 is 0. The molecular weight excluding hydrogens is 657 g/mol. The molecule has 0 N–H and O–H groups in total. The number of hydrogen-bond acceptors (Lipinski definition) is 2. The van der Waals surface area contributed by atoms with Crippen molar-refractivity contribution < 1.29 is 0 Å². The molecule has 2 heterocycles. The zero-order chi connectivity index (χ0) is 36.7. The summed E-state index contributed by atoms with van der Waals surface area (Å²) in [4.78, 5) is 0. The largest absolute Gasteiger partial charge is 0.306 e. The molecule has 0 atom stereocenters. The van der Waals surface area contributed by atoms with Crippen LogP contribution in [0.25, 0.3) is 77.2 Å². The fraction of sp³-hybridized carbons (Fsp3) is 0.120. The zero-order valence-corrected chi connectivity index (χ0v) is 30.5. The smallest absolute Gasteiger partial charge is 0.101 e. The molecule has 54 heavy (non-hydrogen) atoms. The average molecular weight is 691 g/mol. The van der Waals surface area contributed by atoms with Gasteiger partial charge in [0.25, 0.3) is 0 Å². The summed E-state index contributed by atoms with van der Waals surface area (Å²) in [6.45, 7) is 9.20. The molecule has 0 radical (unpaired) electrons. The minimum absolute atomic E-state index is 0.214. The van der Waals surface area contributed by atoms with Crippen molar-refractivity contribution >= 4 is 43.6 Å². The second kappa shape index (κ2) is 10.4. The fourth-order valence-electron chi connectivity index (χ4n) is 10.0. The van der Waals surface area contributed by atoms with E-state index in [-0.39, 0.29) is 10.8 Å². The van der Waals surface area contributed by atoms with Crippen molar-refractivity contribution in [1.29, 1.82) is 10.5 Å². The van der Waals surface area contributed by atoms with E-state index < -0.39 is 0 Å². The molecule has 0 aliphatic heterocycles. The van der Waals surface area contributed by atoms with E-state index in [9.17, 15) is 10.5 Å². The quantitative estimate of drug-likeness (QED) is 0.181. The summed E-state index contributed by atoms with van der Waals surface area (Å²) in [5.41, 5.74) is 16.2. The van der Waals surface area contributed by atoms with Gasteiger partial charge in [-0.05, 0) is 93.0 Å². The first-order valence-electron chi connectivity index (χ1n) is 18.6. The van der Waals surface area contributed by atoms with E-state index in [0.717, 1.165) is 43.6 Å². The number of para-hydroxylation sites is 2. The number of benzene rings is 7. The first kappa shape index (κ1) is 30.7. The standard InChI is InChI=1S/C50H34N4/c1-49(2)39-17-9-5-13-31(39)35-23-37-33-15-7-11-19-43(33)53(45(37)25-41(35)49)47-29(27-51)21-22-30(28-52)48(47)54-44-20-12-8-16-34(44)38-24-36-32-14-6-10-18-40(32)50(3,4)42(36)26-46(38)54/h5-26H,1-4H3. The van der Waals surface area contributed by atoms with Gasteiger partial charge < -0.3 is 9.13 Å². The van der Waals surface area contributed by atoms with E-state index in [0.29, 0.717) is 22.5 Å². The lowest BCUT2D eigenvalue weighted by atomic mass is 9.82. The van der Waals surface area contributed by atoms with Gasteiger partial charge in [0.15, 0.2) is 0 Å². The number of nitriles is 2. The van der Waals surface area contributed by atoms with Crippen LogP contribution in [-0.4, -0.2) is 9.13 Å². The number of hydrogen-bond donors (Lipinski definition) is 0. The predicted molar refractivity (Wildman–Crippen MR) is 220 cm³/mol. The van der Waals surface area contributed by atoms with Gasteiger partial charge in [-0.15, -0.1) is 0 Å². The number of rotatable bonds is 2. The number of aromatic nitrogens is 2. The summed E-state index contributed by atoms with van der Waals surface area (Å²) in [6.07, 6.45) is 0. The summed E-state index contributed by atoms with van der Waals surface area (Å²) < 4.78 is 4.51. The number of nitrogens with zero attached hydrogens (tertiary/aromatic N) is 4. The van der Waals surface area contributed by atoms with Gasteiger partial charge in [0.05, 0.1) is 44.6 Å². The van der Waals surface area contributed by atoms with Crippen molar-refractivity contribution in [1.82, 2.24) is 9.13 Å². The second-order valence-electron chi connectivity index (χ2n) is 16.0. The maximum absolute atomic E-state index is 11.0. The van der Waals surface area contributed by atoms with Crippen LogP contribution in [-0.2, 0) is 10.8 Å². The molecule has 0 unspecified atom stereocenters. The highest BCUT2D eigenvalue weighted by Gasteiger charge is 2.38. The Balaban J connectivity index is 1.30. The van der Waals surface area contributed by atoms with Gasteiger partial charge >= 0.3 is 0 Å². The minimum Gasteiger partial charge on any atom is -0.306 e. The van der Waals surface area contributed by atoms with Crippen LogP contribution in [0.4, 0.5) is 0 Å². The van der Waals surface area contributed by atoms with Crippen LogP contribution in [0.1, 0.15) is 61.1 Å². The van der Waals surface area contributed by atoms with E-state index in [1.54, 1.807) is 0 Å². The van der Waals surface area contributed by atoms with Gasteiger partial charge in [-0.2, -0.15) is 10.5 Å². The highest BCUT2D eigenvalue weighted by molar-refractivity contribution is 6.14. The van der Waals surface area contributed by atoms with Crippen molar-refractivity contribution in [3.05, 3.63) is 167 Å². The molecule has 9 aromatic rings. The Labute approximate surface area is 313 Å². The van der Waals surface area contributed by atoms with Crippen molar-refractivity contribution in [2.45, 2.75) is 38.5 Å². The maximum Gasteiger partial charge on any atom is 0.101 e. The Hall–Kier alpha value is -6.88. The third kappa shape index (κ3) is 3.70. The van der Waals surface area contributed by atoms with Crippen molar-refractivity contribution in [2.24, 2.45) is 0 Å². The molecule has 7 aromatic carbocycles. The molecule has 2 aliphatic rings. The van der Waals surface area contributed by atoms with Crippen molar-refractivity contribution in [3.8, 4) is 45.8 Å². The van der Waals surface area contributed by atoms with Gasteiger partial charge in [-0.3, -0.25) is 0 Å². The highest BCUT2D eigenvalue weighted by atomic mass is 15.1. The van der Waals surface area contributed by atoms with Crippen LogP contribution in [0.5, 0.6) is 0 Å². The molecule has 11 rings (SSSR count). The molecule has 0 saturated carbocycles. The van der Waals surface area contributed by atoms with Crippen LogP contribution in [0, 0.1) is 22.7 Å². The molecule has 0 fully saturated rings. The molecular formula is C50H34N4. The lowest BCUT2D eigenvalue weighted by Gasteiger charge is -2.23. The Bertz CT molecular complexity index is 3020. The van der Waals surface area contributed by atoms with Crippen LogP contribution in [0.2, 0.25) is 0 Å². The van der Waals surface area contributed by atoms with E-state index >= 15 is 0 Å². The summed E-state index contributed by atoms with van der Waals surface area (Å²) in [5, 5.41) is 26.4. The lowest BCUT2D eigenvalue weighted by molar-refractivity contribution is 0.660. The monoisotopic (exact) mass is 690 g/mol. The molecule has 2 aliphatic carbocycles. The third-order valence-electron chi connectivity index (χ3n) is 12.6. The van der Waals surface area contributed by atoms with Crippen LogP contribution >= 0.6 is 0 Å². The predicted octanol–water partition coefficient (Wildman–Crippen LogP) is 12.2. The summed E-state index contributed by atoms with van der Waals surface area (Å²) in [5.74, 6) is 0. The first-order valence-corrected chi connectivity index (χ1v) is 18.6. The second-order valence-corrected chi connectivity index (χ2v) is 16.0. The minimum atomic E-state index is -0.214. The Morgan fingerprint density at radius 1 is 0.389 bits per heavy atom. The van der Waals surface area contributed by atoms with Crippen LogP contribution in [0.15, 0.2) is 133 Å². The van der Waals surface area contributed by atoms with Crippen molar-refractivity contribution in [2.75, 3.05) is 0 Å². The van der Waals surface area contributed by atoms with Gasteiger partial charge in [0, 0.05) is 32.4 Å². The van der Waals surface area contributed by atoms with Gasteiger partial charge in [0.1, 0.15) is 12.1 Å². The molecule has 0 spiro atoms. The molecule has 0 saturated heterocycles. The highest BCUT2D eigenvalue weighted by Crippen LogP contribution is 2.53. The van der Waals surface area contributed by atoms with E-state index in [4.69, 9.17) is 0 Å². The van der Waals surface area contributed by atoms with E-state index in [1.807, 2.05) is 12.1 Å². The van der Waals surface area contributed by atoms with Crippen LogP contribution < -0.4 is 0 Å². The van der Waals surface area contributed by atoms with Gasteiger partial charge in [0.2, 0.25) is 0 Å². The fourth-order valence-corrected chi connectivity index (χ4v) is 10.0.